The van der Waals surface area contributed by atoms with Crippen LogP contribution >= 0.6 is 11.6 Å². The second-order valence-corrected chi connectivity index (χ2v) is 4.15. The van der Waals surface area contributed by atoms with Gasteiger partial charge >= 0.3 is 0 Å². The first kappa shape index (κ1) is 13.0. The summed E-state index contributed by atoms with van der Waals surface area (Å²) in [5.74, 6) is -0.243. The second-order valence-electron chi connectivity index (χ2n) is 3.75. The zero-order valence-corrected chi connectivity index (χ0v) is 10.1. The van der Waals surface area contributed by atoms with Gasteiger partial charge in [0.1, 0.15) is 5.82 Å². The molecule has 0 radical (unpaired) electrons. The van der Waals surface area contributed by atoms with Crippen LogP contribution in [0.3, 0.4) is 0 Å². The summed E-state index contributed by atoms with van der Waals surface area (Å²) in [4.78, 5) is 0. The number of hydrogen-bond acceptors (Lipinski definition) is 2. The predicted molar refractivity (Wildman–Crippen MR) is 62.9 cm³/mol. The molecule has 1 N–H and O–H groups in total. The number of nitrogens with zero attached hydrogens (tertiary/aromatic N) is 1. The fourth-order valence-electron chi connectivity index (χ4n) is 1.35. The molecular weight excluding hydrogens is 227 g/mol. The third-order valence-corrected chi connectivity index (χ3v) is 2.72. The fraction of sp³-hybridized carbons (Fsp3) is 0.417. The van der Waals surface area contributed by atoms with E-state index in [2.05, 4.69) is 11.4 Å². The van der Waals surface area contributed by atoms with Crippen molar-refractivity contribution in [2.75, 3.05) is 6.54 Å². The zero-order chi connectivity index (χ0) is 12.1. The van der Waals surface area contributed by atoms with Crippen LogP contribution in [0.4, 0.5) is 4.39 Å². The number of nitrogens with one attached hydrogen (secondary N) is 1. The van der Waals surface area contributed by atoms with Crippen molar-refractivity contribution in [2.45, 2.75) is 26.3 Å². The molecule has 86 valence electrons. The Morgan fingerprint density at radius 1 is 1.56 bits per heavy atom. The van der Waals surface area contributed by atoms with E-state index in [-0.39, 0.29) is 11.9 Å². The Hall–Kier alpha value is -1.11. The van der Waals surface area contributed by atoms with Crippen molar-refractivity contribution in [1.82, 2.24) is 5.32 Å². The molecular formula is C12H14ClFN2. The summed E-state index contributed by atoms with van der Waals surface area (Å²) in [6, 6.07) is 4.95. The molecule has 2 nitrogen and oxygen atoms in total. The van der Waals surface area contributed by atoms with Gasteiger partial charge in [-0.05, 0) is 43.5 Å². The highest BCUT2D eigenvalue weighted by atomic mass is 35.5. The molecule has 0 aliphatic heterocycles. The summed E-state index contributed by atoms with van der Waals surface area (Å²) in [6.07, 6.45) is 0.613. The van der Waals surface area contributed by atoms with Gasteiger partial charge in [0.05, 0.1) is 12.1 Å². The quantitative estimate of drug-likeness (QED) is 0.879. The van der Waals surface area contributed by atoms with Crippen LogP contribution in [0, 0.1) is 24.1 Å². The van der Waals surface area contributed by atoms with Crippen molar-refractivity contribution in [3.05, 3.63) is 34.1 Å². The summed E-state index contributed by atoms with van der Waals surface area (Å²) >= 11 is 5.99. The van der Waals surface area contributed by atoms with Gasteiger partial charge in [0.25, 0.3) is 0 Å². The first-order chi connectivity index (χ1) is 7.54. The standard InChI is InChI=1S/C12H14ClFN2/c1-8-5-11(13)10(6-12(8)14)3-4-16-9(2)7-15/h5-6,9,16H,3-4H2,1-2H3. The molecule has 1 aromatic rings. The van der Waals surface area contributed by atoms with Crippen molar-refractivity contribution in [1.29, 1.82) is 5.26 Å². The first-order valence-corrected chi connectivity index (χ1v) is 5.50. The SMILES string of the molecule is Cc1cc(Cl)c(CCNC(C)C#N)cc1F. The lowest BCUT2D eigenvalue weighted by molar-refractivity contribution is 0.610. The minimum atomic E-state index is -0.243. The highest BCUT2D eigenvalue weighted by Crippen LogP contribution is 2.20. The molecule has 4 heteroatoms. The van der Waals surface area contributed by atoms with Crippen molar-refractivity contribution >= 4 is 11.6 Å². The van der Waals surface area contributed by atoms with E-state index in [0.29, 0.717) is 23.6 Å². The second kappa shape index (κ2) is 5.83. The van der Waals surface area contributed by atoms with Crippen LogP contribution in [-0.4, -0.2) is 12.6 Å². The summed E-state index contributed by atoms with van der Waals surface area (Å²) in [5.41, 5.74) is 1.31. The average molecular weight is 241 g/mol. The molecule has 1 rings (SSSR count). The fourth-order valence-corrected chi connectivity index (χ4v) is 1.66. The molecule has 1 unspecified atom stereocenters. The molecule has 1 atom stereocenters. The lowest BCUT2D eigenvalue weighted by Crippen LogP contribution is -2.26. The van der Waals surface area contributed by atoms with Crippen molar-refractivity contribution in [3.8, 4) is 6.07 Å². The lowest BCUT2D eigenvalue weighted by Gasteiger charge is -2.08. The summed E-state index contributed by atoms with van der Waals surface area (Å²) < 4.78 is 13.3. The summed E-state index contributed by atoms with van der Waals surface area (Å²) in [6.45, 7) is 4.06. The van der Waals surface area contributed by atoms with E-state index in [4.69, 9.17) is 16.9 Å². The molecule has 0 amide bonds. The monoisotopic (exact) mass is 240 g/mol. The van der Waals surface area contributed by atoms with Gasteiger partial charge in [-0.2, -0.15) is 5.26 Å². The maximum absolute atomic E-state index is 13.3. The summed E-state index contributed by atoms with van der Waals surface area (Å²) in [7, 11) is 0. The van der Waals surface area contributed by atoms with Gasteiger partial charge in [0.15, 0.2) is 0 Å². The molecule has 16 heavy (non-hydrogen) atoms. The number of benzene rings is 1. The lowest BCUT2D eigenvalue weighted by atomic mass is 10.1. The predicted octanol–water partition coefficient (Wildman–Crippen LogP) is 2.83. The Balaban J connectivity index is 2.61. The van der Waals surface area contributed by atoms with Crippen LogP contribution in [0.15, 0.2) is 12.1 Å². The first-order valence-electron chi connectivity index (χ1n) is 5.12. The molecule has 0 saturated heterocycles. The molecule has 0 bridgehead atoms. The van der Waals surface area contributed by atoms with Gasteiger partial charge in [-0.1, -0.05) is 11.6 Å². The molecule has 0 spiro atoms. The molecule has 1 aromatic carbocycles. The third kappa shape index (κ3) is 3.48. The van der Waals surface area contributed by atoms with Crippen LogP contribution in [0.1, 0.15) is 18.1 Å². The van der Waals surface area contributed by atoms with Gasteiger partial charge in [-0.15, -0.1) is 0 Å². The van der Waals surface area contributed by atoms with Crippen LogP contribution in [-0.2, 0) is 6.42 Å². The normalized spacial score (nSPS) is 12.2. The highest BCUT2D eigenvalue weighted by Gasteiger charge is 2.06. The van der Waals surface area contributed by atoms with E-state index in [1.165, 1.54) is 6.07 Å². The minimum absolute atomic E-state index is 0.200. The minimum Gasteiger partial charge on any atom is -0.302 e. The van der Waals surface area contributed by atoms with Crippen LogP contribution in [0.25, 0.3) is 0 Å². The van der Waals surface area contributed by atoms with Gasteiger partial charge in [-0.25, -0.2) is 4.39 Å². The van der Waals surface area contributed by atoms with Crippen molar-refractivity contribution < 1.29 is 4.39 Å². The van der Waals surface area contributed by atoms with E-state index in [9.17, 15) is 4.39 Å². The maximum Gasteiger partial charge on any atom is 0.126 e. The van der Waals surface area contributed by atoms with E-state index in [0.717, 1.165) is 5.56 Å². The van der Waals surface area contributed by atoms with Crippen LogP contribution in [0.5, 0.6) is 0 Å². The number of rotatable bonds is 4. The summed E-state index contributed by atoms with van der Waals surface area (Å²) in [5, 5.41) is 12.1. The Morgan fingerprint density at radius 3 is 2.88 bits per heavy atom. The van der Waals surface area contributed by atoms with Crippen molar-refractivity contribution in [3.63, 3.8) is 0 Å². The Morgan fingerprint density at radius 2 is 2.25 bits per heavy atom. The van der Waals surface area contributed by atoms with Crippen LogP contribution < -0.4 is 5.32 Å². The van der Waals surface area contributed by atoms with Gasteiger partial charge < -0.3 is 5.32 Å². The van der Waals surface area contributed by atoms with E-state index >= 15 is 0 Å². The molecule has 0 aliphatic carbocycles. The van der Waals surface area contributed by atoms with Gasteiger partial charge in [0.2, 0.25) is 0 Å². The average Bonchev–Trinajstić information content (AvgIpc) is 2.25. The highest BCUT2D eigenvalue weighted by molar-refractivity contribution is 6.31. The molecule has 0 fully saturated rings. The molecule has 0 heterocycles. The third-order valence-electron chi connectivity index (χ3n) is 2.37. The largest absolute Gasteiger partial charge is 0.302 e. The Bertz CT molecular complexity index is 412. The van der Waals surface area contributed by atoms with Gasteiger partial charge in [0, 0.05) is 11.6 Å². The Kier molecular flexibility index (Phi) is 4.72. The van der Waals surface area contributed by atoms with E-state index in [1.807, 2.05) is 0 Å². The number of hydrogen-bond donors (Lipinski definition) is 1. The topological polar surface area (TPSA) is 35.8 Å². The van der Waals surface area contributed by atoms with Gasteiger partial charge in [-0.3, -0.25) is 0 Å². The molecule has 0 saturated carbocycles. The maximum atomic E-state index is 13.3. The number of aryl methyl sites for hydroxylation is 1. The van der Waals surface area contributed by atoms with E-state index in [1.54, 1.807) is 19.9 Å². The number of halogens is 2. The molecule has 0 aromatic heterocycles. The van der Waals surface area contributed by atoms with Crippen molar-refractivity contribution in [2.24, 2.45) is 0 Å². The Labute approximate surface area is 100 Å². The smallest absolute Gasteiger partial charge is 0.126 e. The van der Waals surface area contributed by atoms with E-state index < -0.39 is 0 Å². The molecule has 0 aliphatic rings. The number of nitriles is 1. The zero-order valence-electron chi connectivity index (χ0n) is 9.35. The van der Waals surface area contributed by atoms with Crippen LogP contribution in [0.2, 0.25) is 5.02 Å².